The second-order valence-electron chi connectivity index (χ2n) is 8.43. The van der Waals surface area contributed by atoms with Gasteiger partial charge in [-0.05, 0) is 42.0 Å². The van der Waals surface area contributed by atoms with Gasteiger partial charge < -0.3 is 20.1 Å². The number of imidazole rings is 1. The molecule has 0 bridgehead atoms. The topological polar surface area (TPSA) is 81.3 Å². The van der Waals surface area contributed by atoms with E-state index < -0.39 is 0 Å². The summed E-state index contributed by atoms with van der Waals surface area (Å²) in [6.45, 7) is 2.89. The first-order valence-electron chi connectivity index (χ1n) is 11.7. The van der Waals surface area contributed by atoms with Gasteiger partial charge in [-0.15, -0.1) is 0 Å². The third-order valence-corrected chi connectivity index (χ3v) is 7.06. The fraction of sp³-hybridized carbons (Fsp3) is 0.222. The molecule has 2 N–H and O–H groups in total. The van der Waals surface area contributed by atoms with Crippen LogP contribution < -0.4 is 10.2 Å². The zero-order chi connectivity index (χ0) is 24.0. The fourth-order valence-corrected chi connectivity index (χ4v) is 4.97. The lowest BCUT2D eigenvalue weighted by molar-refractivity contribution is -0.130. The molecule has 1 saturated heterocycles. The number of thioether (sulfide) groups is 1. The number of rotatable bonds is 7. The van der Waals surface area contributed by atoms with Crippen molar-refractivity contribution in [1.29, 1.82) is 0 Å². The van der Waals surface area contributed by atoms with Gasteiger partial charge in [0.25, 0.3) is 5.91 Å². The molecule has 2 amide bonds. The molecule has 0 aliphatic carbocycles. The van der Waals surface area contributed by atoms with Crippen molar-refractivity contribution in [3.8, 4) is 0 Å². The number of benzene rings is 3. The summed E-state index contributed by atoms with van der Waals surface area (Å²) in [5.41, 5.74) is 4.79. The number of hydrogen-bond donors (Lipinski definition) is 2. The van der Waals surface area contributed by atoms with Crippen LogP contribution in [-0.4, -0.2) is 59.4 Å². The molecule has 3 aromatic carbocycles. The number of fused-ring (bicyclic) bond motifs is 1. The van der Waals surface area contributed by atoms with E-state index in [2.05, 4.69) is 32.3 Å². The maximum atomic E-state index is 12.6. The fourth-order valence-electron chi connectivity index (χ4n) is 4.12. The average Bonchev–Trinajstić information content (AvgIpc) is 3.34. The van der Waals surface area contributed by atoms with Gasteiger partial charge in [-0.25, -0.2) is 4.98 Å². The Labute approximate surface area is 208 Å². The third-order valence-electron chi connectivity index (χ3n) is 6.11. The Balaban J connectivity index is 1.07. The zero-order valence-corrected chi connectivity index (χ0v) is 20.1. The Kier molecular flexibility index (Phi) is 6.99. The van der Waals surface area contributed by atoms with E-state index in [9.17, 15) is 9.59 Å². The Morgan fingerprint density at radius 1 is 0.886 bits per heavy atom. The summed E-state index contributed by atoms with van der Waals surface area (Å²) in [7, 11) is 0. The molecule has 35 heavy (non-hydrogen) atoms. The van der Waals surface area contributed by atoms with E-state index in [4.69, 9.17) is 0 Å². The average molecular weight is 486 g/mol. The van der Waals surface area contributed by atoms with Gasteiger partial charge in [0.05, 0.1) is 17.6 Å². The molecule has 0 spiro atoms. The first-order chi connectivity index (χ1) is 17.2. The molecule has 2 heterocycles. The number of piperazine rings is 1. The predicted octanol–water partition coefficient (Wildman–Crippen LogP) is 3.93. The molecule has 1 fully saturated rings. The number of anilines is 1. The van der Waals surface area contributed by atoms with Crippen molar-refractivity contribution < 1.29 is 9.59 Å². The molecule has 8 heteroatoms. The quantitative estimate of drug-likeness (QED) is 0.388. The molecule has 0 unspecified atom stereocenters. The Morgan fingerprint density at radius 2 is 1.60 bits per heavy atom. The molecule has 1 aliphatic rings. The standard InChI is InChI=1S/C27H27N5O2S/c33-25(32-16-14-31(15-17-32)22-6-2-1-3-7-22)18-28-26(34)21-12-10-20(11-13-21)19-35-27-29-23-8-4-5-9-24(23)30-27/h1-13H,14-19H2,(H,28,34)(H,29,30). The Hall–Kier alpha value is -3.78. The highest BCUT2D eigenvalue weighted by Gasteiger charge is 2.21. The molecule has 178 valence electrons. The second kappa shape index (κ2) is 10.7. The van der Waals surface area contributed by atoms with E-state index in [1.807, 2.05) is 59.5 Å². The number of nitrogens with zero attached hydrogens (tertiary/aromatic N) is 3. The number of carbonyl (C=O) groups is 2. The molecule has 5 rings (SSSR count). The lowest BCUT2D eigenvalue weighted by Gasteiger charge is -2.36. The smallest absolute Gasteiger partial charge is 0.251 e. The molecular weight excluding hydrogens is 458 g/mol. The first kappa shape index (κ1) is 23.0. The summed E-state index contributed by atoms with van der Waals surface area (Å²) < 4.78 is 0. The van der Waals surface area contributed by atoms with Gasteiger partial charge in [-0.2, -0.15) is 0 Å². The lowest BCUT2D eigenvalue weighted by atomic mass is 10.1. The molecule has 0 radical (unpaired) electrons. The van der Waals surface area contributed by atoms with Crippen LogP contribution in [0.4, 0.5) is 5.69 Å². The molecular formula is C27H27N5O2S. The summed E-state index contributed by atoms with van der Waals surface area (Å²) in [6.07, 6.45) is 0. The van der Waals surface area contributed by atoms with Crippen molar-refractivity contribution in [3.05, 3.63) is 90.0 Å². The minimum atomic E-state index is -0.238. The molecule has 1 aliphatic heterocycles. The van der Waals surface area contributed by atoms with Gasteiger partial charge in [0.1, 0.15) is 0 Å². The largest absolute Gasteiger partial charge is 0.368 e. The molecule has 1 aromatic heterocycles. The van der Waals surface area contributed by atoms with Crippen molar-refractivity contribution in [3.63, 3.8) is 0 Å². The summed E-state index contributed by atoms with van der Waals surface area (Å²) in [4.78, 5) is 37.1. The minimum Gasteiger partial charge on any atom is -0.368 e. The third kappa shape index (κ3) is 5.66. The van der Waals surface area contributed by atoms with Gasteiger partial charge in [0.2, 0.25) is 5.91 Å². The van der Waals surface area contributed by atoms with Gasteiger partial charge >= 0.3 is 0 Å². The van der Waals surface area contributed by atoms with E-state index >= 15 is 0 Å². The summed E-state index contributed by atoms with van der Waals surface area (Å²) in [5, 5.41) is 3.64. The van der Waals surface area contributed by atoms with Crippen molar-refractivity contribution in [2.75, 3.05) is 37.6 Å². The Morgan fingerprint density at radius 3 is 2.34 bits per heavy atom. The highest BCUT2D eigenvalue weighted by Crippen LogP contribution is 2.23. The van der Waals surface area contributed by atoms with Crippen LogP contribution in [-0.2, 0) is 10.5 Å². The number of para-hydroxylation sites is 3. The molecule has 4 aromatic rings. The molecule has 0 saturated carbocycles. The van der Waals surface area contributed by atoms with Crippen LogP contribution in [0.25, 0.3) is 11.0 Å². The summed E-state index contributed by atoms with van der Waals surface area (Å²) >= 11 is 1.62. The van der Waals surface area contributed by atoms with Crippen molar-refractivity contribution >= 4 is 40.3 Å². The van der Waals surface area contributed by atoms with Crippen LogP contribution in [0, 0.1) is 0 Å². The van der Waals surface area contributed by atoms with E-state index in [1.165, 1.54) is 5.69 Å². The number of amides is 2. The van der Waals surface area contributed by atoms with Crippen molar-refractivity contribution in [2.24, 2.45) is 0 Å². The number of hydrogen-bond acceptors (Lipinski definition) is 5. The highest BCUT2D eigenvalue weighted by molar-refractivity contribution is 7.98. The Bertz CT molecular complexity index is 1270. The van der Waals surface area contributed by atoms with Crippen molar-refractivity contribution in [1.82, 2.24) is 20.2 Å². The van der Waals surface area contributed by atoms with Crippen LogP contribution >= 0.6 is 11.8 Å². The maximum Gasteiger partial charge on any atom is 0.251 e. The van der Waals surface area contributed by atoms with E-state index in [0.717, 1.165) is 40.6 Å². The van der Waals surface area contributed by atoms with Gasteiger partial charge in [-0.3, -0.25) is 9.59 Å². The monoisotopic (exact) mass is 485 g/mol. The van der Waals surface area contributed by atoms with Crippen LogP contribution in [0.3, 0.4) is 0 Å². The van der Waals surface area contributed by atoms with Gasteiger partial charge in [0, 0.05) is 43.2 Å². The minimum absolute atomic E-state index is 0.00776. The molecule has 0 atom stereocenters. The van der Waals surface area contributed by atoms with Gasteiger partial charge in [-0.1, -0.05) is 54.2 Å². The normalized spacial score (nSPS) is 13.7. The van der Waals surface area contributed by atoms with E-state index in [0.29, 0.717) is 18.7 Å². The lowest BCUT2D eigenvalue weighted by Crippen LogP contribution is -2.51. The number of H-pyrrole nitrogens is 1. The van der Waals surface area contributed by atoms with Crippen LogP contribution in [0.1, 0.15) is 15.9 Å². The highest BCUT2D eigenvalue weighted by atomic mass is 32.2. The first-order valence-corrected chi connectivity index (χ1v) is 12.7. The van der Waals surface area contributed by atoms with E-state index in [-0.39, 0.29) is 18.4 Å². The van der Waals surface area contributed by atoms with Crippen LogP contribution in [0.2, 0.25) is 0 Å². The zero-order valence-electron chi connectivity index (χ0n) is 19.3. The number of aromatic nitrogens is 2. The van der Waals surface area contributed by atoms with Crippen LogP contribution in [0.5, 0.6) is 0 Å². The number of nitrogens with one attached hydrogen (secondary N) is 2. The van der Waals surface area contributed by atoms with Crippen LogP contribution in [0.15, 0.2) is 84.0 Å². The second-order valence-corrected chi connectivity index (χ2v) is 9.39. The number of aromatic amines is 1. The summed E-state index contributed by atoms with van der Waals surface area (Å²) in [5.74, 6) is 0.456. The summed E-state index contributed by atoms with van der Waals surface area (Å²) in [6, 6.07) is 25.6. The maximum absolute atomic E-state index is 12.6. The predicted molar refractivity (Wildman–Crippen MR) is 140 cm³/mol. The van der Waals surface area contributed by atoms with Gasteiger partial charge in [0.15, 0.2) is 5.16 Å². The number of carbonyl (C=O) groups excluding carboxylic acids is 2. The molecule has 7 nitrogen and oxygen atoms in total. The van der Waals surface area contributed by atoms with E-state index in [1.54, 1.807) is 23.9 Å². The van der Waals surface area contributed by atoms with Crippen molar-refractivity contribution in [2.45, 2.75) is 10.9 Å². The SMILES string of the molecule is O=C(NCC(=O)N1CCN(c2ccccc2)CC1)c1ccc(CSc2nc3ccccc3[nH]2)cc1.